The number of rotatable bonds is 6. The molecule has 7 atom stereocenters. The monoisotopic (exact) mass is 637 g/mol. The number of esters is 1. The van der Waals surface area contributed by atoms with E-state index in [4.69, 9.17) is 4.74 Å². The van der Waals surface area contributed by atoms with E-state index in [1.807, 2.05) is 12.1 Å². The molecule has 3 aliphatic carbocycles. The summed E-state index contributed by atoms with van der Waals surface area (Å²) in [6.45, 7) is 2.13. The van der Waals surface area contributed by atoms with Gasteiger partial charge in [-0.15, -0.1) is 0 Å². The van der Waals surface area contributed by atoms with E-state index in [-0.39, 0.29) is 81.4 Å². The molecule has 0 aromatic heterocycles. The van der Waals surface area contributed by atoms with Gasteiger partial charge in [-0.05, 0) is 91.7 Å². The number of benzene rings is 2. The summed E-state index contributed by atoms with van der Waals surface area (Å²) in [4.78, 5) is 67.5. The normalized spacial score (nSPS) is 29.5. The second kappa shape index (κ2) is 13.5. The van der Waals surface area contributed by atoms with E-state index in [2.05, 4.69) is 6.92 Å². The molecule has 0 radical (unpaired) electrons. The van der Waals surface area contributed by atoms with E-state index in [9.17, 15) is 43.4 Å². The van der Waals surface area contributed by atoms with Crippen molar-refractivity contribution in [2.75, 3.05) is 0 Å². The molecule has 0 spiro atoms. The second-order valence-electron chi connectivity index (χ2n) is 11.3. The standard InChI is InChI=1S/C27H33NO10P2.2Na/c1-27-13-12-18-17-9-7-16(29)14-15(17)6-8-19(18)22(27)10-11-23(27)38-25(31)21-5-3-2-4-20(21)24(30)28-26(39(32,33)34)40(35,36)37;;/h2-5,7,9,14,18-19,22-23,26,29H,6,8,10-13H2,1H3,(H,28,30)(H2,32,33,34)(H2,35,36,37);;/q;2*+1/p-2/t18-,19-,22+,23+,27+;;/m1../s1. The summed E-state index contributed by atoms with van der Waals surface area (Å²) in [5.41, 5.74) is -1.35. The van der Waals surface area contributed by atoms with Crippen LogP contribution < -0.4 is 74.2 Å². The van der Waals surface area contributed by atoms with Crippen molar-refractivity contribution in [2.24, 2.45) is 17.3 Å². The topological polar surface area (TPSA) is 196 Å². The number of hydrogen-bond acceptors (Lipinski definition) is 8. The Hall–Kier alpha value is -0.520. The van der Waals surface area contributed by atoms with E-state index in [0.29, 0.717) is 24.2 Å². The molecule has 0 heterocycles. The van der Waals surface area contributed by atoms with Crippen molar-refractivity contribution < 1.29 is 107 Å². The Labute approximate surface area is 288 Å². The van der Waals surface area contributed by atoms with Gasteiger partial charge in [0.15, 0.2) is 20.7 Å². The first-order valence-electron chi connectivity index (χ1n) is 13.2. The number of hydrogen-bond donors (Lipinski definition) is 4. The van der Waals surface area contributed by atoms with Crippen molar-refractivity contribution >= 4 is 27.1 Å². The Morgan fingerprint density at radius 2 is 1.64 bits per heavy atom. The van der Waals surface area contributed by atoms with Crippen LogP contribution in [0.25, 0.3) is 0 Å². The number of aryl methyl sites for hydroxylation is 1. The van der Waals surface area contributed by atoms with Gasteiger partial charge in [-0.2, -0.15) is 0 Å². The molecule has 0 saturated heterocycles. The van der Waals surface area contributed by atoms with Crippen LogP contribution in [-0.2, 0) is 20.3 Å². The van der Waals surface area contributed by atoms with Gasteiger partial charge in [-0.3, -0.25) is 4.79 Å². The molecule has 0 bridgehead atoms. The predicted molar refractivity (Wildman–Crippen MR) is 139 cm³/mol. The van der Waals surface area contributed by atoms with Crippen molar-refractivity contribution in [1.82, 2.24) is 5.32 Å². The third-order valence-corrected chi connectivity index (χ3v) is 12.4. The zero-order valence-electron chi connectivity index (χ0n) is 23.8. The van der Waals surface area contributed by atoms with E-state index in [1.54, 1.807) is 11.4 Å². The number of phenols is 1. The van der Waals surface area contributed by atoms with Gasteiger partial charge in [0.25, 0.3) is 5.91 Å². The smallest absolute Gasteiger partial charge is 0.777 e. The molecule has 216 valence electrons. The van der Waals surface area contributed by atoms with Crippen LogP contribution in [0.2, 0.25) is 0 Å². The molecule has 2 unspecified atom stereocenters. The maximum absolute atomic E-state index is 13.3. The summed E-state index contributed by atoms with van der Waals surface area (Å²) in [7, 11) is -11.5. The fraction of sp³-hybridized carbons (Fsp3) is 0.481. The molecule has 4 N–H and O–H groups in total. The summed E-state index contributed by atoms with van der Waals surface area (Å²) in [6, 6.07) is 11.0. The minimum Gasteiger partial charge on any atom is -0.777 e. The van der Waals surface area contributed by atoms with Crippen molar-refractivity contribution in [3.05, 3.63) is 64.7 Å². The molecule has 2 saturated carbocycles. The summed E-state index contributed by atoms with van der Waals surface area (Å²) >= 11 is 0. The fourth-order valence-corrected chi connectivity index (χ4v) is 9.34. The van der Waals surface area contributed by atoms with E-state index >= 15 is 0 Å². The average molecular weight is 637 g/mol. The molecule has 2 aromatic carbocycles. The summed E-state index contributed by atoms with van der Waals surface area (Å²) in [5.74, 6) is -0.734. The predicted octanol–water partition coefficient (Wildman–Crippen LogP) is -3.41. The molecule has 42 heavy (non-hydrogen) atoms. The fourth-order valence-electron chi connectivity index (χ4n) is 7.31. The van der Waals surface area contributed by atoms with Gasteiger partial charge in [-0.25, -0.2) is 4.79 Å². The number of aromatic hydroxyl groups is 1. The van der Waals surface area contributed by atoms with Gasteiger partial charge in [0.2, 0.25) is 0 Å². The SMILES string of the molecule is C[C@]12CC[C@@H]3c4ccc(O)cc4CC[C@H]3[C@@H]1CC[C@@H]2OC(=O)c1ccccc1C(=O)NC(P(=O)([O-])O)P(=O)([O-])O.[Na+].[Na+]. The molecule has 1 amide bonds. The van der Waals surface area contributed by atoms with Crippen molar-refractivity contribution in [3.63, 3.8) is 0 Å². The van der Waals surface area contributed by atoms with Crippen LogP contribution in [0.15, 0.2) is 42.5 Å². The molecular weight excluding hydrogens is 606 g/mol. The number of phenolic OH excluding ortho intramolecular Hbond substituents is 1. The largest absolute Gasteiger partial charge is 1.00 e. The minimum atomic E-state index is -5.73. The van der Waals surface area contributed by atoms with Crippen molar-refractivity contribution in [2.45, 2.75) is 63.0 Å². The van der Waals surface area contributed by atoms with Gasteiger partial charge in [0.1, 0.15) is 11.9 Å². The van der Waals surface area contributed by atoms with Gasteiger partial charge in [0.05, 0.1) is 11.1 Å². The molecule has 11 nitrogen and oxygen atoms in total. The van der Waals surface area contributed by atoms with Crippen LogP contribution >= 0.6 is 15.2 Å². The van der Waals surface area contributed by atoms with E-state index in [1.165, 1.54) is 35.4 Å². The Morgan fingerprint density at radius 1 is 1.00 bits per heavy atom. The second-order valence-corrected chi connectivity index (χ2v) is 15.0. The first-order valence-corrected chi connectivity index (χ1v) is 16.5. The summed E-state index contributed by atoms with van der Waals surface area (Å²) in [6.07, 6.45) is 4.69. The molecule has 3 aliphatic rings. The average Bonchev–Trinajstić information content (AvgIpc) is 3.21. The third-order valence-electron chi connectivity index (χ3n) is 9.14. The number of amides is 1. The first-order chi connectivity index (χ1) is 18.7. The third kappa shape index (κ3) is 6.99. The van der Waals surface area contributed by atoms with Crippen LogP contribution in [0.1, 0.15) is 76.8 Å². The van der Waals surface area contributed by atoms with E-state index < -0.39 is 38.7 Å². The quantitative estimate of drug-likeness (QED) is 0.141. The Balaban J connectivity index is 0.00000242. The Bertz CT molecular complexity index is 1420. The Kier molecular flexibility index (Phi) is 11.5. The summed E-state index contributed by atoms with van der Waals surface area (Å²) in [5, 5.41) is 11.5. The van der Waals surface area contributed by atoms with Crippen LogP contribution in [0.3, 0.4) is 0 Å². The van der Waals surface area contributed by atoms with Crippen LogP contribution in [-0.4, -0.2) is 38.4 Å². The van der Waals surface area contributed by atoms with Crippen molar-refractivity contribution in [3.8, 4) is 5.75 Å². The number of ether oxygens (including phenoxy) is 1. The molecule has 2 aromatic rings. The summed E-state index contributed by atoms with van der Waals surface area (Å²) < 4.78 is 28.9. The zero-order chi connectivity index (χ0) is 29.0. The molecule has 5 rings (SSSR count). The molecular formula is C27H31NNa2O10P2. The zero-order valence-corrected chi connectivity index (χ0v) is 29.6. The first kappa shape index (κ1) is 36.0. The number of carbonyl (C=O) groups is 2. The molecule has 15 heteroatoms. The van der Waals surface area contributed by atoms with Gasteiger partial charge >= 0.3 is 65.1 Å². The van der Waals surface area contributed by atoms with Gasteiger partial charge in [0, 0.05) is 5.41 Å². The van der Waals surface area contributed by atoms with Gasteiger partial charge in [-0.1, -0.05) is 25.1 Å². The maximum Gasteiger partial charge on any atom is 1.00 e. The number of carbonyl (C=O) groups excluding carboxylic acids is 2. The number of fused-ring (bicyclic) bond motifs is 5. The van der Waals surface area contributed by atoms with E-state index in [0.717, 1.165) is 32.1 Å². The van der Waals surface area contributed by atoms with Crippen LogP contribution in [0, 0.1) is 17.3 Å². The maximum atomic E-state index is 13.3. The Morgan fingerprint density at radius 3 is 2.29 bits per heavy atom. The molecule has 2 fully saturated rings. The van der Waals surface area contributed by atoms with Crippen LogP contribution in [0.4, 0.5) is 0 Å². The van der Waals surface area contributed by atoms with Crippen LogP contribution in [0.5, 0.6) is 5.75 Å². The number of nitrogens with one attached hydrogen (secondary N) is 1. The molecule has 0 aliphatic heterocycles. The van der Waals surface area contributed by atoms with Gasteiger partial charge < -0.3 is 43.9 Å². The minimum absolute atomic E-state index is 0. The van der Waals surface area contributed by atoms with Crippen molar-refractivity contribution in [1.29, 1.82) is 0 Å².